The first kappa shape index (κ1) is 15.6. The zero-order valence-corrected chi connectivity index (χ0v) is 11.1. The summed E-state index contributed by atoms with van der Waals surface area (Å²) in [6.07, 6.45) is 1.39. The summed E-state index contributed by atoms with van der Waals surface area (Å²) in [5.41, 5.74) is 5.55. The molecule has 0 saturated heterocycles. The summed E-state index contributed by atoms with van der Waals surface area (Å²) in [6, 6.07) is 5.59. The monoisotopic (exact) mass is 276 g/mol. The second-order valence-corrected chi connectivity index (χ2v) is 4.42. The van der Waals surface area contributed by atoms with E-state index in [1.807, 2.05) is 6.07 Å². The molecule has 1 aromatic rings. The van der Waals surface area contributed by atoms with Crippen molar-refractivity contribution < 1.29 is 9.72 Å². The molecule has 7 heteroatoms. The van der Waals surface area contributed by atoms with Crippen LogP contribution in [0, 0.1) is 27.4 Å². The van der Waals surface area contributed by atoms with Crippen molar-refractivity contribution in [3.05, 3.63) is 33.9 Å². The number of nitro benzene ring substituents is 1. The van der Waals surface area contributed by atoms with Crippen LogP contribution in [0.4, 0.5) is 11.4 Å². The molecular formula is C13H16N4O3. The molecule has 7 nitrogen and oxygen atoms in total. The summed E-state index contributed by atoms with van der Waals surface area (Å²) in [5, 5.41) is 22.2. The average molecular weight is 276 g/mol. The van der Waals surface area contributed by atoms with Crippen molar-refractivity contribution in [3.63, 3.8) is 0 Å². The van der Waals surface area contributed by atoms with Crippen molar-refractivity contribution in [1.82, 2.24) is 0 Å². The van der Waals surface area contributed by atoms with E-state index in [4.69, 9.17) is 11.0 Å². The molecule has 0 aromatic heterocycles. The zero-order chi connectivity index (χ0) is 15.1. The van der Waals surface area contributed by atoms with E-state index >= 15 is 0 Å². The molecule has 0 bridgehead atoms. The lowest BCUT2D eigenvalue weighted by Gasteiger charge is -2.12. The van der Waals surface area contributed by atoms with Crippen LogP contribution in [0.25, 0.3) is 0 Å². The minimum atomic E-state index is -0.587. The van der Waals surface area contributed by atoms with Crippen molar-refractivity contribution in [2.75, 3.05) is 11.9 Å². The molecule has 0 radical (unpaired) electrons. The first-order valence-corrected chi connectivity index (χ1v) is 6.19. The molecule has 0 heterocycles. The molecule has 0 aliphatic heterocycles. The number of nitrogens with one attached hydrogen (secondary N) is 1. The quantitative estimate of drug-likeness (QED) is 0.605. The average Bonchev–Trinajstić information content (AvgIpc) is 2.44. The molecule has 0 aliphatic carbocycles. The first-order valence-electron chi connectivity index (χ1n) is 6.19. The third-order valence-electron chi connectivity index (χ3n) is 2.88. The summed E-state index contributed by atoms with van der Waals surface area (Å²) < 4.78 is 0. The smallest absolute Gasteiger partial charge is 0.270 e. The Labute approximate surface area is 116 Å². The standard InChI is InChI=1S/C13H16N4O3/c1-9(3-2-6-14)13(18)16-12-5-4-11(17(19)20)7-10(12)8-15/h4-5,7,9H,2-3,6,14H2,1H3,(H,16,18). The second-order valence-electron chi connectivity index (χ2n) is 4.42. The summed E-state index contributed by atoms with van der Waals surface area (Å²) >= 11 is 0. The highest BCUT2D eigenvalue weighted by Crippen LogP contribution is 2.22. The fourth-order valence-electron chi connectivity index (χ4n) is 1.66. The highest BCUT2D eigenvalue weighted by molar-refractivity contribution is 5.93. The molecule has 1 atom stereocenters. The number of nitriles is 1. The van der Waals surface area contributed by atoms with E-state index in [2.05, 4.69) is 5.32 Å². The van der Waals surface area contributed by atoms with Gasteiger partial charge in [0.05, 0.1) is 16.2 Å². The fourth-order valence-corrected chi connectivity index (χ4v) is 1.66. The van der Waals surface area contributed by atoms with Gasteiger partial charge in [-0.05, 0) is 25.5 Å². The van der Waals surface area contributed by atoms with Gasteiger partial charge in [0.2, 0.25) is 5.91 Å². The molecule has 0 aliphatic rings. The fraction of sp³-hybridized carbons (Fsp3) is 0.385. The van der Waals surface area contributed by atoms with Crippen LogP contribution in [-0.2, 0) is 4.79 Å². The van der Waals surface area contributed by atoms with E-state index in [1.165, 1.54) is 12.1 Å². The second kappa shape index (κ2) is 7.21. The Balaban J connectivity index is 2.85. The summed E-state index contributed by atoms with van der Waals surface area (Å²) in [4.78, 5) is 21.9. The Morgan fingerprint density at radius 1 is 1.60 bits per heavy atom. The maximum atomic E-state index is 11.9. The SMILES string of the molecule is CC(CCCN)C(=O)Nc1ccc([N+](=O)[O-])cc1C#N. The zero-order valence-electron chi connectivity index (χ0n) is 11.1. The van der Waals surface area contributed by atoms with E-state index in [9.17, 15) is 14.9 Å². The molecule has 106 valence electrons. The molecule has 1 unspecified atom stereocenters. The van der Waals surface area contributed by atoms with E-state index in [-0.39, 0.29) is 28.8 Å². The molecule has 0 saturated carbocycles. The van der Waals surface area contributed by atoms with Gasteiger partial charge < -0.3 is 11.1 Å². The van der Waals surface area contributed by atoms with Crippen molar-refractivity contribution in [3.8, 4) is 6.07 Å². The van der Waals surface area contributed by atoms with Gasteiger partial charge >= 0.3 is 0 Å². The number of rotatable bonds is 6. The minimum absolute atomic E-state index is 0.0681. The van der Waals surface area contributed by atoms with Crippen molar-refractivity contribution in [1.29, 1.82) is 5.26 Å². The highest BCUT2D eigenvalue weighted by Gasteiger charge is 2.16. The Morgan fingerprint density at radius 2 is 2.30 bits per heavy atom. The van der Waals surface area contributed by atoms with E-state index in [0.29, 0.717) is 13.0 Å². The predicted molar refractivity (Wildman–Crippen MR) is 73.9 cm³/mol. The van der Waals surface area contributed by atoms with Crippen LogP contribution in [0.2, 0.25) is 0 Å². The number of amides is 1. The van der Waals surface area contributed by atoms with Crippen LogP contribution in [0.3, 0.4) is 0 Å². The van der Waals surface area contributed by atoms with Gasteiger partial charge in [-0.3, -0.25) is 14.9 Å². The summed E-state index contributed by atoms with van der Waals surface area (Å²) in [6.45, 7) is 2.28. The van der Waals surface area contributed by atoms with E-state index < -0.39 is 4.92 Å². The first-order chi connectivity index (χ1) is 9.49. The van der Waals surface area contributed by atoms with Crippen molar-refractivity contribution >= 4 is 17.3 Å². The van der Waals surface area contributed by atoms with Gasteiger partial charge in [-0.15, -0.1) is 0 Å². The lowest BCUT2D eigenvalue weighted by Crippen LogP contribution is -2.21. The normalized spacial score (nSPS) is 11.4. The van der Waals surface area contributed by atoms with Gasteiger partial charge in [-0.2, -0.15) is 5.26 Å². The third kappa shape index (κ3) is 4.03. The molecule has 3 N–H and O–H groups in total. The number of carbonyl (C=O) groups is 1. The van der Waals surface area contributed by atoms with Gasteiger partial charge in [0.15, 0.2) is 0 Å². The number of anilines is 1. The maximum Gasteiger partial charge on any atom is 0.270 e. The maximum absolute atomic E-state index is 11.9. The van der Waals surface area contributed by atoms with E-state index in [1.54, 1.807) is 6.92 Å². The number of hydrogen-bond acceptors (Lipinski definition) is 5. The number of hydrogen-bond donors (Lipinski definition) is 2. The Kier molecular flexibility index (Phi) is 5.62. The number of benzene rings is 1. The molecular weight excluding hydrogens is 260 g/mol. The lowest BCUT2D eigenvalue weighted by molar-refractivity contribution is -0.384. The molecule has 1 rings (SSSR count). The molecule has 0 spiro atoms. The number of carbonyl (C=O) groups excluding carboxylic acids is 1. The summed E-state index contributed by atoms with van der Waals surface area (Å²) in [7, 11) is 0. The Morgan fingerprint density at radius 3 is 2.85 bits per heavy atom. The Hall–Kier alpha value is -2.46. The summed E-state index contributed by atoms with van der Waals surface area (Å²) in [5.74, 6) is -0.468. The van der Waals surface area contributed by atoms with Crippen LogP contribution < -0.4 is 11.1 Å². The van der Waals surface area contributed by atoms with Crippen molar-refractivity contribution in [2.24, 2.45) is 11.7 Å². The largest absolute Gasteiger partial charge is 0.330 e. The lowest BCUT2D eigenvalue weighted by atomic mass is 10.0. The predicted octanol–water partition coefficient (Wildman–Crippen LogP) is 1.78. The number of non-ortho nitro benzene ring substituents is 1. The van der Waals surface area contributed by atoms with Gasteiger partial charge in [0, 0.05) is 18.1 Å². The van der Waals surface area contributed by atoms with Crippen LogP contribution >= 0.6 is 0 Å². The number of nitro groups is 1. The topological polar surface area (TPSA) is 122 Å². The number of nitrogens with two attached hydrogens (primary N) is 1. The minimum Gasteiger partial charge on any atom is -0.330 e. The molecule has 1 aromatic carbocycles. The van der Waals surface area contributed by atoms with Crippen LogP contribution in [0.15, 0.2) is 18.2 Å². The van der Waals surface area contributed by atoms with Crippen LogP contribution in [-0.4, -0.2) is 17.4 Å². The van der Waals surface area contributed by atoms with Gasteiger partial charge in [0.1, 0.15) is 6.07 Å². The molecule has 1 amide bonds. The molecule has 20 heavy (non-hydrogen) atoms. The van der Waals surface area contributed by atoms with Crippen LogP contribution in [0.5, 0.6) is 0 Å². The molecule has 0 fully saturated rings. The number of nitrogens with zero attached hydrogens (tertiary/aromatic N) is 2. The highest BCUT2D eigenvalue weighted by atomic mass is 16.6. The van der Waals surface area contributed by atoms with E-state index in [0.717, 1.165) is 12.5 Å². The third-order valence-corrected chi connectivity index (χ3v) is 2.88. The van der Waals surface area contributed by atoms with Gasteiger partial charge in [0.25, 0.3) is 5.69 Å². The van der Waals surface area contributed by atoms with Crippen molar-refractivity contribution in [2.45, 2.75) is 19.8 Å². The van der Waals surface area contributed by atoms with Gasteiger partial charge in [-0.25, -0.2) is 0 Å². The Bertz CT molecular complexity index is 551. The van der Waals surface area contributed by atoms with Gasteiger partial charge in [-0.1, -0.05) is 6.92 Å². The van der Waals surface area contributed by atoms with Crippen LogP contribution in [0.1, 0.15) is 25.3 Å².